The van der Waals surface area contributed by atoms with Gasteiger partial charge >= 0.3 is 0 Å². The first kappa shape index (κ1) is 12.9. The molecule has 2 heterocycles. The molecule has 0 radical (unpaired) electrons. The average Bonchev–Trinajstić information content (AvgIpc) is 2.46. The van der Waals surface area contributed by atoms with Crippen LogP contribution in [0.1, 0.15) is 37.8 Å². The normalized spacial score (nSPS) is 19.9. The lowest BCUT2D eigenvalue weighted by Crippen LogP contribution is -2.31. The number of rotatable bonds is 3. The fraction of sp³-hybridized carbons (Fsp3) is 0.571. The van der Waals surface area contributed by atoms with Crippen LogP contribution in [0, 0.1) is 0 Å². The first-order chi connectivity index (χ1) is 9.31. The van der Waals surface area contributed by atoms with Crippen LogP contribution in [0.3, 0.4) is 0 Å². The average molecular weight is 277 g/mol. The summed E-state index contributed by atoms with van der Waals surface area (Å²) < 4.78 is 0. The van der Waals surface area contributed by atoms with E-state index in [4.69, 9.17) is 0 Å². The van der Waals surface area contributed by atoms with E-state index in [0.29, 0.717) is 11.8 Å². The number of anilines is 1. The van der Waals surface area contributed by atoms with Gasteiger partial charge in [0.15, 0.2) is 0 Å². The van der Waals surface area contributed by atoms with Crippen molar-refractivity contribution >= 4 is 23.5 Å². The number of nitrogens with one attached hydrogen (secondary N) is 2. The third-order valence-corrected chi connectivity index (χ3v) is 4.76. The Labute approximate surface area is 117 Å². The Morgan fingerprint density at radius 2 is 2.16 bits per heavy atom. The number of nitrogens with zero attached hydrogens (tertiary/aromatic N) is 1. The van der Waals surface area contributed by atoms with Crippen molar-refractivity contribution in [2.75, 3.05) is 11.1 Å². The summed E-state index contributed by atoms with van der Waals surface area (Å²) in [7, 11) is 0. The number of hydrogen-bond donors (Lipinski definition) is 2. The van der Waals surface area contributed by atoms with Gasteiger partial charge in [-0.25, -0.2) is 4.98 Å². The summed E-state index contributed by atoms with van der Waals surface area (Å²) >= 11 is 1.56. The predicted octanol–water partition coefficient (Wildman–Crippen LogP) is 2.55. The van der Waals surface area contributed by atoms with Gasteiger partial charge < -0.3 is 10.6 Å². The van der Waals surface area contributed by atoms with Crippen LogP contribution in [-0.2, 0) is 11.3 Å². The van der Waals surface area contributed by atoms with E-state index >= 15 is 0 Å². The molecule has 19 heavy (non-hydrogen) atoms. The Balaban J connectivity index is 1.61. The first-order valence-electron chi connectivity index (χ1n) is 6.97. The highest BCUT2D eigenvalue weighted by molar-refractivity contribution is 8.00. The monoisotopic (exact) mass is 277 g/mol. The zero-order valence-electron chi connectivity index (χ0n) is 10.9. The molecule has 1 aromatic rings. The molecule has 0 unspecified atom stereocenters. The van der Waals surface area contributed by atoms with Crippen LogP contribution in [0.5, 0.6) is 0 Å². The van der Waals surface area contributed by atoms with Gasteiger partial charge in [0.1, 0.15) is 5.82 Å². The quantitative estimate of drug-likeness (QED) is 0.891. The molecule has 1 aromatic heterocycles. The Hall–Kier alpha value is -1.07. The summed E-state index contributed by atoms with van der Waals surface area (Å²) in [6.45, 7) is 0.790. The maximum absolute atomic E-state index is 11.4. The Morgan fingerprint density at radius 3 is 3.00 bits per heavy atom. The highest BCUT2D eigenvalue weighted by Gasteiger charge is 2.17. The molecule has 1 amide bonds. The van der Waals surface area contributed by atoms with E-state index in [1.165, 1.54) is 32.1 Å². The fourth-order valence-corrected chi connectivity index (χ4v) is 3.41. The van der Waals surface area contributed by atoms with Gasteiger partial charge in [-0.15, -0.1) is 11.8 Å². The van der Waals surface area contributed by atoms with Crippen molar-refractivity contribution in [3.05, 3.63) is 17.8 Å². The zero-order chi connectivity index (χ0) is 13.1. The van der Waals surface area contributed by atoms with Gasteiger partial charge in [-0.1, -0.05) is 19.3 Å². The number of thioether (sulfide) groups is 1. The van der Waals surface area contributed by atoms with E-state index in [2.05, 4.69) is 27.8 Å². The van der Waals surface area contributed by atoms with Gasteiger partial charge in [-0.05, 0) is 25.0 Å². The molecule has 1 aliphatic carbocycles. The number of fused-ring (bicyclic) bond motifs is 1. The minimum Gasteiger partial charge on any atom is -0.309 e. The number of hydrogen-bond acceptors (Lipinski definition) is 4. The fourth-order valence-electron chi connectivity index (χ4n) is 2.66. The van der Waals surface area contributed by atoms with Gasteiger partial charge in [0.2, 0.25) is 5.91 Å². The van der Waals surface area contributed by atoms with E-state index in [0.717, 1.165) is 23.0 Å². The number of pyridine rings is 1. The van der Waals surface area contributed by atoms with Crippen LogP contribution >= 0.6 is 11.8 Å². The highest BCUT2D eigenvalue weighted by Crippen LogP contribution is 2.29. The molecule has 0 saturated heterocycles. The third kappa shape index (κ3) is 3.28. The van der Waals surface area contributed by atoms with Crippen LogP contribution in [-0.4, -0.2) is 22.7 Å². The second-order valence-corrected chi connectivity index (χ2v) is 6.22. The molecular weight excluding hydrogens is 258 g/mol. The Morgan fingerprint density at radius 1 is 1.32 bits per heavy atom. The summed E-state index contributed by atoms with van der Waals surface area (Å²) in [4.78, 5) is 17.0. The third-order valence-electron chi connectivity index (χ3n) is 3.71. The standard InChI is InChI=1S/C14H19N3OS/c18-13-9-19-12-7-6-11(16-14(12)17-13)8-15-10-4-2-1-3-5-10/h6-7,10,15H,1-5,8-9H2,(H,16,17,18). The van der Waals surface area contributed by atoms with Gasteiger partial charge in [0.25, 0.3) is 0 Å². The van der Waals surface area contributed by atoms with Crippen molar-refractivity contribution in [2.24, 2.45) is 0 Å². The van der Waals surface area contributed by atoms with Crippen LogP contribution in [0.15, 0.2) is 17.0 Å². The zero-order valence-corrected chi connectivity index (χ0v) is 11.8. The minimum atomic E-state index is 0.0439. The smallest absolute Gasteiger partial charge is 0.235 e. The molecule has 102 valence electrons. The second-order valence-electron chi connectivity index (χ2n) is 5.20. The van der Waals surface area contributed by atoms with Gasteiger partial charge in [-0.3, -0.25) is 4.79 Å². The summed E-state index contributed by atoms with van der Waals surface area (Å²) in [5.74, 6) is 1.26. The molecule has 0 spiro atoms. The number of carbonyl (C=O) groups is 1. The molecule has 4 nitrogen and oxygen atoms in total. The number of carbonyl (C=O) groups excluding carboxylic acids is 1. The van der Waals surface area contributed by atoms with Crippen molar-refractivity contribution < 1.29 is 4.79 Å². The molecular formula is C14H19N3OS. The molecule has 0 aromatic carbocycles. The van der Waals surface area contributed by atoms with E-state index in [9.17, 15) is 4.79 Å². The van der Waals surface area contributed by atoms with Crippen LogP contribution in [0.2, 0.25) is 0 Å². The van der Waals surface area contributed by atoms with Crippen LogP contribution in [0.25, 0.3) is 0 Å². The van der Waals surface area contributed by atoms with Gasteiger partial charge in [0.05, 0.1) is 16.3 Å². The van der Waals surface area contributed by atoms with E-state index in [1.54, 1.807) is 11.8 Å². The molecule has 0 bridgehead atoms. The molecule has 2 aliphatic rings. The highest BCUT2D eigenvalue weighted by atomic mass is 32.2. The molecule has 1 fully saturated rings. The number of amides is 1. The van der Waals surface area contributed by atoms with Crippen molar-refractivity contribution in [3.63, 3.8) is 0 Å². The SMILES string of the molecule is O=C1CSc2ccc(CNC3CCCCC3)nc2N1. The van der Waals surface area contributed by atoms with Crippen molar-refractivity contribution in [1.82, 2.24) is 10.3 Å². The maximum Gasteiger partial charge on any atom is 0.235 e. The van der Waals surface area contributed by atoms with Crippen molar-refractivity contribution in [2.45, 2.75) is 49.6 Å². The van der Waals surface area contributed by atoms with Crippen molar-refractivity contribution in [1.29, 1.82) is 0 Å². The minimum absolute atomic E-state index is 0.0439. The largest absolute Gasteiger partial charge is 0.309 e. The maximum atomic E-state index is 11.4. The summed E-state index contributed by atoms with van der Waals surface area (Å²) in [5, 5.41) is 6.41. The lowest BCUT2D eigenvalue weighted by Gasteiger charge is -2.23. The Bertz CT molecular complexity index is 472. The van der Waals surface area contributed by atoms with Crippen LogP contribution < -0.4 is 10.6 Å². The molecule has 3 rings (SSSR count). The lowest BCUT2D eigenvalue weighted by atomic mass is 9.95. The first-order valence-corrected chi connectivity index (χ1v) is 7.96. The molecule has 2 N–H and O–H groups in total. The van der Waals surface area contributed by atoms with Crippen molar-refractivity contribution in [3.8, 4) is 0 Å². The summed E-state index contributed by atoms with van der Waals surface area (Å²) in [6.07, 6.45) is 6.59. The second kappa shape index (κ2) is 5.92. The molecule has 0 atom stereocenters. The lowest BCUT2D eigenvalue weighted by molar-refractivity contribution is -0.113. The molecule has 1 saturated carbocycles. The molecule has 5 heteroatoms. The van der Waals surface area contributed by atoms with E-state index in [1.807, 2.05) is 0 Å². The number of aromatic nitrogens is 1. The Kier molecular flexibility index (Phi) is 4.03. The predicted molar refractivity (Wildman–Crippen MR) is 77.3 cm³/mol. The van der Waals surface area contributed by atoms with Gasteiger partial charge in [-0.2, -0.15) is 0 Å². The van der Waals surface area contributed by atoms with Crippen LogP contribution in [0.4, 0.5) is 5.82 Å². The molecule has 1 aliphatic heterocycles. The van der Waals surface area contributed by atoms with Gasteiger partial charge in [0, 0.05) is 12.6 Å². The van der Waals surface area contributed by atoms with E-state index < -0.39 is 0 Å². The topological polar surface area (TPSA) is 54.0 Å². The van der Waals surface area contributed by atoms with E-state index in [-0.39, 0.29) is 5.91 Å². The summed E-state index contributed by atoms with van der Waals surface area (Å²) in [5.41, 5.74) is 1.01. The summed E-state index contributed by atoms with van der Waals surface area (Å²) in [6, 6.07) is 4.75.